The van der Waals surface area contributed by atoms with Gasteiger partial charge < -0.3 is 9.42 Å². The van der Waals surface area contributed by atoms with Gasteiger partial charge in [-0.1, -0.05) is 19.0 Å². The lowest BCUT2D eigenvalue weighted by Crippen LogP contribution is -2.20. The van der Waals surface area contributed by atoms with Gasteiger partial charge in [0.15, 0.2) is 17.2 Å². The average molecular weight is 318 g/mol. The van der Waals surface area contributed by atoms with Crippen LogP contribution < -0.4 is 4.90 Å². The first kappa shape index (κ1) is 15.3. The van der Waals surface area contributed by atoms with E-state index < -0.39 is 11.6 Å². The van der Waals surface area contributed by atoms with E-state index in [2.05, 4.69) is 15.1 Å². The Labute approximate surface area is 131 Å². The highest BCUT2D eigenvalue weighted by Crippen LogP contribution is 2.25. The number of benzene rings is 1. The summed E-state index contributed by atoms with van der Waals surface area (Å²) in [5.74, 6) is -0.677. The van der Waals surface area contributed by atoms with Crippen molar-refractivity contribution in [3.05, 3.63) is 47.5 Å². The third-order valence-electron chi connectivity index (χ3n) is 3.60. The van der Waals surface area contributed by atoms with Gasteiger partial charge in [-0.25, -0.2) is 18.7 Å². The first-order valence-electron chi connectivity index (χ1n) is 7.22. The lowest BCUT2D eigenvalue weighted by Gasteiger charge is -2.19. The van der Waals surface area contributed by atoms with E-state index in [9.17, 15) is 8.78 Å². The molecule has 0 radical (unpaired) electrons. The minimum absolute atomic E-state index is 0.0407. The lowest BCUT2D eigenvalue weighted by molar-refractivity contribution is 0.443. The molecule has 1 aromatic carbocycles. The number of nitrogens with zero attached hydrogens (tertiary/aromatic N) is 4. The molecule has 120 valence electrons. The standard InChI is InChI=1S/C16H16F2N4O/c1-9(2)15-14(18)16(20-8-19-15)22(3)7-12-11-5-4-10(17)6-13(11)23-21-12/h4-6,8-9H,7H2,1-3H3. The van der Waals surface area contributed by atoms with Gasteiger partial charge in [0, 0.05) is 18.5 Å². The highest BCUT2D eigenvalue weighted by Gasteiger charge is 2.19. The number of aromatic nitrogens is 3. The highest BCUT2D eigenvalue weighted by atomic mass is 19.1. The molecular weight excluding hydrogens is 302 g/mol. The van der Waals surface area contributed by atoms with E-state index in [1.807, 2.05) is 13.8 Å². The van der Waals surface area contributed by atoms with Crippen molar-refractivity contribution in [3.63, 3.8) is 0 Å². The molecule has 0 aliphatic heterocycles. The summed E-state index contributed by atoms with van der Waals surface area (Å²) in [5.41, 5.74) is 1.32. The average Bonchev–Trinajstić information content (AvgIpc) is 2.89. The van der Waals surface area contributed by atoms with Crippen molar-refractivity contribution in [1.82, 2.24) is 15.1 Å². The van der Waals surface area contributed by atoms with Crippen LogP contribution in [0.25, 0.3) is 11.0 Å². The Morgan fingerprint density at radius 1 is 1.22 bits per heavy atom. The van der Waals surface area contributed by atoms with Crippen LogP contribution in [0.4, 0.5) is 14.6 Å². The molecule has 3 aromatic rings. The number of anilines is 1. The summed E-state index contributed by atoms with van der Waals surface area (Å²) in [5, 5.41) is 4.63. The van der Waals surface area contributed by atoms with E-state index in [1.54, 1.807) is 18.0 Å². The summed E-state index contributed by atoms with van der Waals surface area (Å²) in [6.07, 6.45) is 1.35. The van der Waals surface area contributed by atoms with Crippen molar-refractivity contribution < 1.29 is 13.3 Å². The summed E-state index contributed by atoms with van der Waals surface area (Å²) in [4.78, 5) is 9.63. The second kappa shape index (κ2) is 5.91. The van der Waals surface area contributed by atoms with Crippen molar-refractivity contribution >= 4 is 16.8 Å². The van der Waals surface area contributed by atoms with Crippen LogP contribution in [-0.2, 0) is 6.54 Å². The fourth-order valence-corrected chi connectivity index (χ4v) is 2.42. The fraction of sp³-hybridized carbons (Fsp3) is 0.312. The van der Waals surface area contributed by atoms with E-state index in [1.165, 1.54) is 18.5 Å². The number of fused-ring (bicyclic) bond motifs is 1. The van der Waals surface area contributed by atoms with Crippen molar-refractivity contribution in [2.45, 2.75) is 26.3 Å². The molecule has 0 unspecified atom stereocenters. The zero-order valence-electron chi connectivity index (χ0n) is 13.0. The predicted octanol–water partition coefficient (Wildman–Crippen LogP) is 3.66. The van der Waals surface area contributed by atoms with E-state index in [4.69, 9.17) is 4.52 Å². The first-order chi connectivity index (χ1) is 11.0. The molecule has 5 nitrogen and oxygen atoms in total. The molecule has 0 aliphatic rings. The fourth-order valence-electron chi connectivity index (χ4n) is 2.42. The van der Waals surface area contributed by atoms with E-state index in [0.717, 1.165) is 0 Å². The minimum atomic E-state index is -0.441. The molecule has 3 rings (SSSR count). The van der Waals surface area contributed by atoms with Crippen LogP contribution in [-0.4, -0.2) is 22.2 Å². The molecule has 0 atom stereocenters. The second-order valence-electron chi connectivity index (χ2n) is 5.68. The zero-order valence-corrected chi connectivity index (χ0v) is 13.0. The molecule has 0 amide bonds. The van der Waals surface area contributed by atoms with Crippen LogP contribution in [0.15, 0.2) is 29.0 Å². The molecule has 0 saturated heterocycles. The summed E-state index contributed by atoms with van der Waals surface area (Å²) in [7, 11) is 1.71. The van der Waals surface area contributed by atoms with Crippen LogP contribution >= 0.6 is 0 Å². The molecule has 23 heavy (non-hydrogen) atoms. The number of rotatable bonds is 4. The second-order valence-corrected chi connectivity index (χ2v) is 5.68. The van der Waals surface area contributed by atoms with Crippen molar-refractivity contribution in [2.75, 3.05) is 11.9 Å². The van der Waals surface area contributed by atoms with Gasteiger partial charge in [-0.2, -0.15) is 0 Å². The summed E-state index contributed by atoms with van der Waals surface area (Å²) in [6.45, 7) is 4.02. The minimum Gasteiger partial charge on any atom is -0.356 e. The molecule has 0 bridgehead atoms. The third kappa shape index (κ3) is 2.86. The predicted molar refractivity (Wildman–Crippen MR) is 82.2 cm³/mol. The largest absolute Gasteiger partial charge is 0.356 e. The SMILES string of the molecule is CC(C)c1ncnc(N(C)Cc2noc3cc(F)ccc23)c1F. The zero-order chi connectivity index (χ0) is 16.6. The molecule has 7 heteroatoms. The van der Waals surface area contributed by atoms with Gasteiger partial charge in [0.05, 0.1) is 12.2 Å². The molecule has 2 aromatic heterocycles. The van der Waals surface area contributed by atoms with E-state index in [0.29, 0.717) is 22.4 Å². The number of halogens is 2. The van der Waals surface area contributed by atoms with Gasteiger partial charge in [0.25, 0.3) is 0 Å². The van der Waals surface area contributed by atoms with Crippen LogP contribution in [0, 0.1) is 11.6 Å². The van der Waals surface area contributed by atoms with Crippen LogP contribution in [0.3, 0.4) is 0 Å². The number of hydrogen-bond acceptors (Lipinski definition) is 5. The molecule has 0 aliphatic carbocycles. The highest BCUT2D eigenvalue weighted by molar-refractivity contribution is 5.79. The molecule has 0 N–H and O–H groups in total. The molecule has 0 spiro atoms. The molecular formula is C16H16F2N4O. The Kier molecular flexibility index (Phi) is 3.94. The Morgan fingerprint density at radius 3 is 2.74 bits per heavy atom. The lowest BCUT2D eigenvalue weighted by atomic mass is 10.1. The Bertz CT molecular complexity index is 847. The van der Waals surface area contributed by atoms with Crippen LogP contribution in [0.1, 0.15) is 31.2 Å². The van der Waals surface area contributed by atoms with Crippen LogP contribution in [0.2, 0.25) is 0 Å². The monoisotopic (exact) mass is 318 g/mol. The molecule has 0 fully saturated rings. The van der Waals surface area contributed by atoms with E-state index >= 15 is 0 Å². The molecule has 0 saturated carbocycles. The maximum Gasteiger partial charge on any atom is 0.187 e. The van der Waals surface area contributed by atoms with Crippen molar-refractivity contribution in [2.24, 2.45) is 0 Å². The summed E-state index contributed by atoms with van der Waals surface area (Å²) >= 11 is 0. The maximum absolute atomic E-state index is 14.5. The van der Waals surface area contributed by atoms with Gasteiger partial charge in [-0.05, 0) is 18.1 Å². The summed E-state index contributed by atoms with van der Waals surface area (Å²) < 4.78 is 32.8. The van der Waals surface area contributed by atoms with Gasteiger partial charge >= 0.3 is 0 Å². The maximum atomic E-state index is 14.5. The summed E-state index contributed by atoms with van der Waals surface area (Å²) in [6, 6.07) is 4.21. The van der Waals surface area contributed by atoms with Crippen molar-refractivity contribution in [1.29, 1.82) is 0 Å². The number of hydrogen-bond donors (Lipinski definition) is 0. The van der Waals surface area contributed by atoms with E-state index in [-0.39, 0.29) is 18.3 Å². The van der Waals surface area contributed by atoms with Gasteiger partial charge in [0.2, 0.25) is 0 Å². The Balaban J connectivity index is 1.92. The molecule has 2 heterocycles. The Morgan fingerprint density at radius 2 is 2.00 bits per heavy atom. The quantitative estimate of drug-likeness (QED) is 0.735. The topological polar surface area (TPSA) is 55.1 Å². The van der Waals surface area contributed by atoms with Crippen molar-refractivity contribution in [3.8, 4) is 0 Å². The van der Waals surface area contributed by atoms with Crippen LogP contribution in [0.5, 0.6) is 0 Å². The normalized spacial score (nSPS) is 11.4. The van der Waals surface area contributed by atoms with Gasteiger partial charge in [0.1, 0.15) is 17.8 Å². The van der Waals surface area contributed by atoms with Gasteiger partial charge in [-0.3, -0.25) is 0 Å². The Hall–Kier alpha value is -2.57. The first-order valence-corrected chi connectivity index (χ1v) is 7.22. The van der Waals surface area contributed by atoms with Gasteiger partial charge in [-0.15, -0.1) is 0 Å². The smallest absolute Gasteiger partial charge is 0.187 e. The third-order valence-corrected chi connectivity index (χ3v) is 3.60.